The van der Waals surface area contributed by atoms with Gasteiger partial charge in [0.05, 0.1) is 6.54 Å². The van der Waals surface area contributed by atoms with E-state index in [-0.39, 0.29) is 12.5 Å². The Bertz CT molecular complexity index is 912. The van der Waals surface area contributed by atoms with Gasteiger partial charge >= 0.3 is 5.97 Å². The predicted molar refractivity (Wildman–Crippen MR) is 96.1 cm³/mol. The van der Waals surface area contributed by atoms with Gasteiger partial charge in [-0.15, -0.1) is 10.2 Å². The number of carbonyl (C=O) groups is 2. The Morgan fingerprint density at radius 3 is 2.65 bits per heavy atom. The van der Waals surface area contributed by atoms with Gasteiger partial charge in [-0.3, -0.25) is 4.79 Å². The summed E-state index contributed by atoms with van der Waals surface area (Å²) in [5.74, 6) is -1.06. The Hall–Kier alpha value is -3.26. The van der Waals surface area contributed by atoms with Gasteiger partial charge in [-0.1, -0.05) is 47.7 Å². The van der Waals surface area contributed by atoms with E-state index in [2.05, 4.69) is 15.5 Å². The van der Waals surface area contributed by atoms with Crippen LogP contribution in [0.5, 0.6) is 5.75 Å². The highest BCUT2D eigenvalue weighted by atomic mass is 32.1. The molecule has 132 valence electrons. The van der Waals surface area contributed by atoms with Gasteiger partial charge in [-0.25, -0.2) is 4.79 Å². The number of carbonyl (C=O) groups excluding carboxylic acids is 1. The number of aliphatic carboxylic acids is 1. The fraction of sp³-hybridized carbons (Fsp3) is 0.111. The molecule has 0 saturated heterocycles. The van der Waals surface area contributed by atoms with Crippen molar-refractivity contribution >= 4 is 23.2 Å². The van der Waals surface area contributed by atoms with E-state index < -0.39 is 12.6 Å². The van der Waals surface area contributed by atoms with Crippen LogP contribution >= 0.6 is 11.3 Å². The van der Waals surface area contributed by atoms with Gasteiger partial charge in [0.15, 0.2) is 6.61 Å². The van der Waals surface area contributed by atoms with Crippen LogP contribution in [0.15, 0.2) is 54.6 Å². The summed E-state index contributed by atoms with van der Waals surface area (Å²) in [6.07, 6.45) is 0. The zero-order valence-corrected chi connectivity index (χ0v) is 14.4. The molecule has 1 aromatic heterocycles. The number of hydrogen-bond donors (Lipinski definition) is 2. The van der Waals surface area contributed by atoms with Crippen molar-refractivity contribution in [2.75, 3.05) is 6.61 Å². The third kappa shape index (κ3) is 4.64. The molecule has 0 aliphatic heterocycles. The van der Waals surface area contributed by atoms with Crippen LogP contribution in [0, 0.1) is 0 Å². The van der Waals surface area contributed by atoms with E-state index in [9.17, 15) is 9.59 Å². The zero-order chi connectivity index (χ0) is 18.4. The van der Waals surface area contributed by atoms with Crippen LogP contribution in [-0.4, -0.2) is 33.8 Å². The van der Waals surface area contributed by atoms with E-state index in [4.69, 9.17) is 9.84 Å². The van der Waals surface area contributed by atoms with Gasteiger partial charge < -0.3 is 15.2 Å². The van der Waals surface area contributed by atoms with E-state index in [0.717, 1.165) is 10.6 Å². The number of carboxylic acids is 1. The molecule has 1 heterocycles. The second kappa shape index (κ2) is 8.21. The molecule has 1 amide bonds. The molecular weight excluding hydrogens is 354 g/mol. The first kappa shape index (κ1) is 17.6. The second-order valence-electron chi connectivity index (χ2n) is 5.26. The van der Waals surface area contributed by atoms with E-state index in [1.807, 2.05) is 30.3 Å². The Balaban J connectivity index is 1.60. The average molecular weight is 369 g/mol. The standard InChI is InChI=1S/C18H15N3O4S/c22-16(23)11-25-14-8-4-7-13(9-14)17(24)19-10-15-20-21-18(26-15)12-5-2-1-3-6-12/h1-9H,10-11H2,(H,19,24)(H,22,23). The lowest BCUT2D eigenvalue weighted by atomic mass is 10.2. The maximum absolute atomic E-state index is 12.3. The number of hydrogen-bond acceptors (Lipinski definition) is 6. The second-order valence-corrected chi connectivity index (χ2v) is 6.32. The molecule has 26 heavy (non-hydrogen) atoms. The number of aromatic nitrogens is 2. The topological polar surface area (TPSA) is 101 Å². The van der Waals surface area contributed by atoms with Crippen LogP contribution in [0.1, 0.15) is 15.4 Å². The third-order valence-corrected chi connectivity index (χ3v) is 4.32. The molecule has 0 bridgehead atoms. The highest BCUT2D eigenvalue weighted by molar-refractivity contribution is 7.14. The van der Waals surface area contributed by atoms with Gasteiger partial charge in [0.2, 0.25) is 0 Å². The number of nitrogens with zero attached hydrogens (tertiary/aromatic N) is 2. The Labute approximate surface area is 153 Å². The predicted octanol–water partition coefficient (Wildman–Crippen LogP) is 2.60. The molecule has 0 unspecified atom stereocenters. The molecule has 3 rings (SSSR count). The largest absolute Gasteiger partial charge is 0.482 e. The Kier molecular flexibility index (Phi) is 5.55. The average Bonchev–Trinajstić information content (AvgIpc) is 3.14. The summed E-state index contributed by atoms with van der Waals surface area (Å²) in [7, 11) is 0. The molecule has 0 saturated carbocycles. The van der Waals surface area contributed by atoms with Crippen LogP contribution in [0.3, 0.4) is 0 Å². The minimum atomic E-state index is -1.08. The summed E-state index contributed by atoms with van der Waals surface area (Å²) >= 11 is 1.41. The molecule has 0 aliphatic carbocycles. The van der Waals surface area contributed by atoms with Crippen molar-refractivity contribution in [3.63, 3.8) is 0 Å². The monoisotopic (exact) mass is 369 g/mol. The summed E-state index contributed by atoms with van der Waals surface area (Å²) in [6.45, 7) is -0.207. The molecule has 0 spiro atoms. The first-order chi connectivity index (χ1) is 12.6. The van der Waals surface area contributed by atoms with E-state index >= 15 is 0 Å². The molecule has 3 aromatic rings. The molecular formula is C18H15N3O4S. The van der Waals surface area contributed by atoms with Gasteiger partial charge in [0, 0.05) is 11.1 Å². The Morgan fingerprint density at radius 2 is 1.88 bits per heavy atom. The lowest BCUT2D eigenvalue weighted by molar-refractivity contribution is -0.139. The van der Waals surface area contributed by atoms with Crippen LogP contribution in [0.2, 0.25) is 0 Å². The molecule has 0 atom stereocenters. The normalized spacial score (nSPS) is 10.3. The Morgan fingerprint density at radius 1 is 1.08 bits per heavy atom. The number of nitrogens with one attached hydrogen (secondary N) is 1. The van der Waals surface area contributed by atoms with Crippen molar-refractivity contribution in [3.8, 4) is 16.3 Å². The van der Waals surface area contributed by atoms with Crippen molar-refractivity contribution in [3.05, 3.63) is 65.2 Å². The third-order valence-electron chi connectivity index (χ3n) is 3.35. The summed E-state index contributed by atoms with van der Waals surface area (Å²) in [5, 5.41) is 21.1. The van der Waals surface area contributed by atoms with Crippen LogP contribution < -0.4 is 10.1 Å². The molecule has 0 radical (unpaired) electrons. The van der Waals surface area contributed by atoms with E-state index in [0.29, 0.717) is 16.3 Å². The fourth-order valence-corrected chi connectivity index (χ4v) is 2.94. The van der Waals surface area contributed by atoms with Crippen molar-refractivity contribution in [1.29, 1.82) is 0 Å². The van der Waals surface area contributed by atoms with Crippen LogP contribution in [-0.2, 0) is 11.3 Å². The van der Waals surface area contributed by atoms with E-state index in [1.54, 1.807) is 18.2 Å². The van der Waals surface area contributed by atoms with Gasteiger partial charge in [-0.05, 0) is 18.2 Å². The fourth-order valence-electron chi connectivity index (χ4n) is 2.15. The SMILES string of the molecule is O=C(O)COc1cccc(C(=O)NCc2nnc(-c3ccccc3)s2)c1. The van der Waals surface area contributed by atoms with Gasteiger partial charge in [0.25, 0.3) is 5.91 Å². The highest BCUT2D eigenvalue weighted by Gasteiger charge is 2.10. The molecule has 2 aromatic carbocycles. The molecule has 7 nitrogen and oxygen atoms in total. The quantitative estimate of drug-likeness (QED) is 0.664. The van der Waals surface area contributed by atoms with Crippen molar-refractivity contribution < 1.29 is 19.4 Å². The smallest absolute Gasteiger partial charge is 0.341 e. The number of carboxylic acid groups (broad SMARTS) is 1. The minimum absolute atomic E-state index is 0.254. The molecule has 0 fully saturated rings. The molecule has 2 N–H and O–H groups in total. The summed E-state index contributed by atoms with van der Waals surface area (Å²) in [5.41, 5.74) is 1.35. The zero-order valence-electron chi connectivity index (χ0n) is 13.6. The first-order valence-corrected chi connectivity index (χ1v) is 8.54. The maximum Gasteiger partial charge on any atom is 0.341 e. The summed E-state index contributed by atoms with van der Waals surface area (Å²) in [6, 6.07) is 16.0. The number of rotatable bonds is 7. The van der Waals surface area contributed by atoms with Gasteiger partial charge in [-0.2, -0.15) is 0 Å². The van der Waals surface area contributed by atoms with Crippen LogP contribution in [0.25, 0.3) is 10.6 Å². The van der Waals surface area contributed by atoms with Crippen LogP contribution in [0.4, 0.5) is 0 Å². The summed E-state index contributed by atoms with van der Waals surface area (Å²) in [4.78, 5) is 22.8. The number of ether oxygens (including phenoxy) is 1. The maximum atomic E-state index is 12.3. The summed E-state index contributed by atoms with van der Waals surface area (Å²) < 4.78 is 5.07. The van der Waals surface area contributed by atoms with Gasteiger partial charge in [0.1, 0.15) is 15.8 Å². The van der Waals surface area contributed by atoms with Crippen molar-refractivity contribution in [2.45, 2.75) is 6.54 Å². The van der Waals surface area contributed by atoms with E-state index in [1.165, 1.54) is 17.4 Å². The van der Waals surface area contributed by atoms with Crippen molar-refractivity contribution in [2.24, 2.45) is 0 Å². The highest BCUT2D eigenvalue weighted by Crippen LogP contribution is 2.23. The molecule has 8 heteroatoms. The number of benzene rings is 2. The lowest BCUT2D eigenvalue weighted by Crippen LogP contribution is -2.22. The number of amides is 1. The van der Waals surface area contributed by atoms with Crippen molar-refractivity contribution in [1.82, 2.24) is 15.5 Å². The molecule has 0 aliphatic rings. The lowest BCUT2D eigenvalue weighted by Gasteiger charge is -2.06. The minimum Gasteiger partial charge on any atom is -0.482 e. The first-order valence-electron chi connectivity index (χ1n) is 7.72.